The van der Waals surface area contributed by atoms with Crippen LogP contribution in [0.2, 0.25) is 0 Å². The summed E-state index contributed by atoms with van der Waals surface area (Å²) in [6.45, 7) is 10.4. The zero-order valence-electron chi connectivity index (χ0n) is 15.8. The fourth-order valence-electron chi connectivity index (χ4n) is 3.82. The fraction of sp³-hybridized carbons (Fsp3) is 0.500. The van der Waals surface area contributed by atoms with E-state index in [0.717, 1.165) is 18.4 Å². The molecular weight excluding hydrogens is 312 g/mol. The lowest BCUT2D eigenvalue weighted by molar-refractivity contribution is -0.112. The number of amides is 1. The largest absolute Gasteiger partial charge is 0.366 e. The zero-order valence-corrected chi connectivity index (χ0v) is 15.8. The van der Waals surface area contributed by atoms with Crippen molar-refractivity contribution < 1.29 is 4.79 Å². The lowest BCUT2D eigenvalue weighted by Crippen LogP contribution is -2.61. The van der Waals surface area contributed by atoms with Gasteiger partial charge in [0.05, 0.1) is 0 Å². The number of hydrogen-bond donors (Lipinski definition) is 2. The van der Waals surface area contributed by atoms with Gasteiger partial charge in [0.2, 0.25) is 0 Å². The first-order valence-electron chi connectivity index (χ1n) is 8.60. The second-order valence-electron chi connectivity index (χ2n) is 8.14. The molecule has 5 heteroatoms. The van der Waals surface area contributed by atoms with Gasteiger partial charge in [0, 0.05) is 29.0 Å². The van der Waals surface area contributed by atoms with Gasteiger partial charge in [0.25, 0.3) is 5.91 Å². The number of benzene rings is 1. The van der Waals surface area contributed by atoms with Crippen LogP contribution < -0.4 is 11.1 Å². The third-order valence-electron chi connectivity index (χ3n) is 4.76. The monoisotopic (exact) mass is 340 g/mol. The molecule has 1 amide bonds. The van der Waals surface area contributed by atoms with E-state index < -0.39 is 5.91 Å². The molecule has 1 heterocycles. The van der Waals surface area contributed by atoms with Crippen LogP contribution in [0.25, 0.3) is 0 Å². The number of nitriles is 1. The standard InChI is InChI=1S/C20H28N4O/c1-14-6-8-17(9-7-14)23-18(25)15(12-21)13-24-19(2,3)10-16(22)11-20(24,4)5/h6-9,13,16H,10-11,22H2,1-5H3,(H,23,25)/b15-13-. The van der Waals surface area contributed by atoms with E-state index in [1.165, 1.54) is 0 Å². The third kappa shape index (κ3) is 4.40. The summed E-state index contributed by atoms with van der Waals surface area (Å²) in [7, 11) is 0. The minimum atomic E-state index is -0.396. The molecule has 0 spiro atoms. The Morgan fingerprint density at radius 2 is 1.76 bits per heavy atom. The lowest BCUT2D eigenvalue weighted by atomic mass is 9.77. The van der Waals surface area contributed by atoms with Crippen molar-refractivity contribution in [2.24, 2.45) is 5.73 Å². The third-order valence-corrected chi connectivity index (χ3v) is 4.76. The van der Waals surface area contributed by atoms with Crippen molar-refractivity contribution in [3.63, 3.8) is 0 Å². The summed E-state index contributed by atoms with van der Waals surface area (Å²) < 4.78 is 0. The van der Waals surface area contributed by atoms with Crippen LogP contribution in [0.4, 0.5) is 5.69 Å². The maximum atomic E-state index is 12.5. The van der Waals surface area contributed by atoms with Crippen molar-refractivity contribution >= 4 is 11.6 Å². The quantitative estimate of drug-likeness (QED) is 0.653. The summed E-state index contributed by atoms with van der Waals surface area (Å²) in [5.41, 5.74) is 7.62. The van der Waals surface area contributed by atoms with Crippen molar-refractivity contribution in [2.75, 3.05) is 5.32 Å². The average molecular weight is 340 g/mol. The summed E-state index contributed by atoms with van der Waals surface area (Å²) >= 11 is 0. The molecule has 1 aliphatic rings. The molecule has 0 aliphatic carbocycles. The molecule has 0 bridgehead atoms. The minimum absolute atomic E-state index is 0.0946. The number of nitrogens with zero attached hydrogens (tertiary/aromatic N) is 2. The van der Waals surface area contributed by atoms with Gasteiger partial charge in [-0.15, -0.1) is 0 Å². The number of nitrogens with two attached hydrogens (primary N) is 1. The molecule has 134 valence electrons. The lowest BCUT2D eigenvalue weighted by Gasteiger charge is -2.54. The highest BCUT2D eigenvalue weighted by atomic mass is 16.1. The number of hydrogen-bond acceptors (Lipinski definition) is 4. The van der Waals surface area contributed by atoms with Gasteiger partial charge in [-0.1, -0.05) is 17.7 Å². The van der Waals surface area contributed by atoms with Crippen LogP contribution in [-0.2, 0) is 4.79 Å². The maximum Gasteiger partial charge on any atom is 0.267 e. The zero-order chi connectivity index (χ0) is 18.8. The van der Waals surface area contributed by atoms with Gasteiger partial charge in [0.1, 0.15) is 11.6 Å². The van der Waals surface area contributed by atoms with E-state index >= 15 is 0 Å². The normalized spacial score (nSPS) is 20.0. The van der Waals surface area contributed by atoms with E-state index in [1.54, 1.807) is 6.20 Å². The predicted molar refractivity (Wildman–Crippen MR) is 101 cm³/mol. The van der Waals surface area contributed by atoms with Crippen LogP contribution in [0.15, 0.2) is 36.0 Å². The molecule has 0 aromatic heterocycles. The number of nitrogens with one attached hydrogen (secondary N) is 1. The Morgan fingerprint density at radius 3 is 2.24 bits per heavy atom. The van der Waals surface area contributed by atoms with Crippen LogP contribution >= 0.6 is 0 Å². The topological polar surface area (TPSA) is 82.2 Å². The molecule has 1 aliphatic heterocycles. The summed E-state index contributed by atoms with van der Waals surface area (Å²) in [4.78, 5) is 14.6. The summed E-state index contributed by atoms with van der Waals surface area (Å²) in [5, 5.41) is 12.3. The van der Waals surface area contributed by atoms with Gasteiger partial charge in [-0.05, 0) is 59.6 Å². The van der Waals surface area contributed by atoms with Crippen molar-refractivity contribution in [1.29, 1.82) is 5.26 Å². The number of rotatable bonds is 3. The molecular formula is C20H28N4O. The first-order chi connectivity index (χ1) is 11.5. The molecule has 0 saturated carbocycles. The van der Waals surface area contributed by atoms with Gasteiger partial charge < -0.3 is 16.0 Å². The molecule has 1 aromatic carbocycles. The molecule has 0 atom stereocenters. The molecule has 25 heavy (non-hydrogen) atoms. The molecule has 1 fully saturated rings. The van der Waals surface area contributed by atoms with Crippen molar-refractivity contribution in [1.82, 2.24) is 4.90 Å². The Morgan fingerprint density at radius 1 is 1.24 bits per heavy atom. The highest BCUT2D eigenvalue weighted by Gasteiger charge is 2.43. The molecule has 1 aromatic rings. The van der Waals surface area contributed by atoms with Crippen LogP contribution in [0.5, 0.6) is 0 Å². The highest BCUT2D eigenvalue weighted by molar-refractivity contribution is 6.06. The molecule has 0 unspecified atom stereocenters. The second-order valence-corrected chi connectivity index (χ2v) is 8.14. The summed E-state index contributed by atoms with van der Waals surface area (Å²) in [5.74, 6) is -0.396. The Bertz CT molecular complexity index is 692. The van der Waals surface area contributed by atoms with E-state index in [1.807, 2.05) is 37.3 Å². The molecule has 1 saturated heterocycles. The number of aryl methyl sites for hydroxylation is 1. The van der Waals surface area contributed by atoms with E-state index in [4.69, 9.17) is 5.73 Å². The van der Waals surface area contributed by atoms with Crippen LogP contribution in [0, 0.1) is 18.3 Å². The average Bonchev–Trinajstić information content (AvgIpc) is 2.47. The fourth-order valence-corrected chi connectivity index (χ4v) is 3.82. The predicted octanol–water partition coefficient (Wildman–Crippen LogP) is 3.32. The smallest absolute Gasteiger partial charge is 0.267 e. The van der Waals surface area contributed by atoms with Gasteiger partial charge in [-0.3, -0.25) is 4.79 Å². The van der Waals surface area contributed by atoms with Gasteiger partial charge in [-0.25, -0.2) is 0 Å². The first kappa shape index (κ1) is 19.0. The molecule has 5 nitrogen and oxygen atoms in total. The molecule has 0 radical (unpaired) electrons. The maximum absolute atomic E-state index is 12.5. The Kier molecular flexibility index (Phi) is 5.24. The van der Waals surface area contributed by atoms with Crippen LogP contribution in [0.3, 0.4) is 0 Å². The van der Waals surface area contributed by atoms with E-state index in [0.29, 0.717) is 5.69 Å². The number of likely N-dealkylation sites (tertiary alicyclic amines) is 1. The molecule has 3 N–H and O–H groups in total. The Balaban J connectivity index is 2.27. The number of carbonyl (C=O) groups excluding carboxylic acids is 1. The Hall–Kier alpha value is -2.32. The summed E-state index contributed by atoms with van der Waals surface area (Å²) in [6, 6.07) is 9.66. The SMILES string of the molecule is Cc1ccc(NC(=O)/C(C#N)=C\N2C(C)(C)CC(N)CC2(C)C)cc1. The minimum Gasteiger partial charge on any atom is -0.366 e. The number of piperidine rings is 1. The number of carbonyl (C=O) groups is 1. The van der Waals surface area contributed by atoms with E-state index in [-0.39, 0.29) is 22.7 Å². The second kappa shape index (κ2) is 6.89. The van der Waals surface area contributed by atoms with Gasteiger partial charge in [-0.2, -0.15) is 5.26 Å². The first-order valence-corrected chi connectivity index (χ1v) is 8.60. The highest BCUT2D eigenvalue weighted by Crippen LogP contribution is 2.38. The summed E-state index contributed by atoms with van der Waals surface area (Å²) in [6.07, 6.45) is 3.31. The Labute approximate surface area is 150 Å². The van der Waals surface area contributed by atoms with Gasteiger partial charge in [0.15, 0.2) is 0 Å². The molecule has 2 rings (SSSR count). The van der Waals surface area contributed by atoms with E-state index in [2.05, 4.69) is 37.9 Å². The van der Waals surface area contributed by atoms with Crippen LogP contribution in [-0.4, -0.2) is 27.9 Å². The van der Waals surface area contributed by atoms with Crippen molar-refractivity contribution in [3.05, 3.63) is 41.6 Å². The van der Waals surface area contributed by atoms with Gasteiger partial charge >= 0.3 is 0 Å². The van der Waals surface area contributed by atoms with E-state index in [9.17, 15) is 10.1 Å². The van der Waals surface area contributed by atoms with Crippen molar-refractivity contribution in [2.45, 2.75) is 64.6 Å². The van der Waals surface area contributed by atoms with Crippen LogP contribution in [0.1, 0.15) is 46.1 Å². The van der Waals surface area contributed by atoms with Crippen molar-refractivity contribution in [3.8, 4) is 6.07 Å². The number of anilines is 1.